The van der Waals surface area contributed by atoms with Crippen LogP contribution in [-0.2, 0) is 18.1 Å². The van der Waals surface area contributed by atoms with E-state index in [-0.39, 0.29) is 4.90 Å². The monoisotopic (exact) mass is 282 g/mol. The van der Waals surface area contributed by atoms with Gasteiger partial charge in [-0.25, -0.2) is 8.42 Å². The van der Waals surface area contributed by atoms with Crippen LogP contribution in [0.25, 0.3) is 0 Å². The van der Waals surface area contributed by atoms with Gasteiger partial charge in [0.1, 0.15) is 5.08 Å². The predicted octanol–water partition coefficient (Wildman–Crippen LogP) is 1.96. The lowest BCUT2D eigenvalue weighted by atomic mass is 10.2. The van der Waals surface area contributed by atoms with Crippen LogP contribution in [0.2, 0.25) is 0 Å². The molecule has 3 nitrogen and oxygen atoms in total. The van der Waals surface area contributed by atoms with Gasteiger partial charge in [0.25, 0.3) is 0 Å². The second-order valence-electron chi connectivity index (χ2n) is 4.46. The van der Waals surface area contributed by atoms with Gasteiger partial charge in [0, 0.05) is 12.5 Å². The maximum atomic E-state index is 11.9. The molecule has 0 unspecified atom stereocenters. The van der Waals surface area contributed by atoms with Gasteiger partial charge in [0.15, 0.2) is 9.84 Å². The second-order valence-corrected chi connectivity index (χ2v) is 13.8. The molecule has 0 saturated carbocycles. The van der Waals surface area contributed by atoms with Gasteiger partial charge in [-0.1, -0.05) is 17.7 Å². The van der Waals surface area contributed by atoms with Gasteiger partial charge in [0.05, 0.1) is 4.90 Å². The molecule has 6 heteroatoms. The Hall–Kier alpha value is -0.390. The first-order chi connectivity index (χ1) is 6.96. The molecule has 1 aromatic rings. The fraction of sp³-hybridized carbons (Fsp3) is 0.400. The minimum Gasteiger partial charge on any atom is -0.267 e. The van der Waals surface area contributed by atoms with Crippen LogP contribution in [0.3, 0.4) is 0 Å². The third-order valence-electron chi connectivity index (χ3n) is 1.86. The summed E-state index contributed by atoms with van der Waals surface area (Å²) in [5.74, 6) is 0. The average molecular weight is 283 g/mol. The minimum atomic E-state index is -3.59. The van der Waals surface area contributed by atoms with Crippen LogP contribution >= 0.6 is 10.7 Å². The van der Waals surface area contributed by atoms with E-state index in [0.29, 0.717) is 0 Å². The average Bonchev–Trinajstić information content (AvgIpc) is 1.98. The molecule has 92 valence electrons. The Morgan fingerprint density at radius 3 is 2.00 bits per heavy atom. The van der Waals surface area contributed by atoms with E-state index in [2.05, 4.69) is 0 Å². The summed E-state index contributed by atoms with van der Waals surface area (Å²) in [7, 11) is -1.44. The third kappa shape index (κ3) is 4.23. The summed E-state index contributed by atoms with van der Waals surface area (Å²) in [6.07, 6.45) is 2.54. The molecule has 0 amide bonds. The van der Waals surface area contributed by atoms with Crippen LogP contribution in [0.4, 0.5) is 0 Å². The number of hydrogen-bond donors (Lipinski definition) is 0. The maximum absolute atomic E-state index is 11.9. The molecule has 0 bridgehead atoms. The van der Waals surface area contributed by atoms with E-state index in [4.69, 9.17) is 10.7 Å². The molecule has 1 rings (SSSR count). The summed E-state index contributed by atoms with van der Waals surface area (Å²) in [4.78, 5) is 0.154. The van der Waals surface area contributed by atoms with Gasteiger partial charge in [-0.3, -0.25) is 4.21 Å². The normalized spacial score (nSPS) is 15.4. The molecule has 0 radical (unpaired) electrons. The first-order valence-corrected chi connectivity index (χ1v) is 10.0. The molecule has 0 aliphatic heterocycles. The molecule has 1 aromatic carbocycles. The van der Waals surface area contributed by atoms with Crippen LogP contribution in [0.5, 0.6) is 0 Å². The summed E-state index contributed by atoms with van der Waals surface area (Å²) >= 11 is 0. The molecule has 0 heterocycles. The van der Waals surface area contributed by atoms with Gasteiger partial charge in [-0.15, -0.1) is 0 Å². The molecule has 0 saturated heterocycles. The fourth-order valence-electron chi connectivity index (χ4n) is 1.25. The van der Waals surface area contributed by atoms with Crippen molar-refractivity contribution < 1.29 is 12.6 Å². The highest BCUT2D eigenvalue weighted by molar-refractivity contribution is 8.41. The van der Waals surface area contributed by atoms with E-state index in [1.807, 2.05) is 6.92 Å². The third-order valence-corrected chi connectivity index (χ3v) is 7.52. The topological polar surface area (TPSA) is 51.2 Å². The van der Waals surface area contributed by atoms with Crippen LogP contribution < -0.4 is 0 Å². The zero-order chi connectivity index (χ0) is 12.6. The highest BCUT2D eigenvalue weighted by Crippen LogP contribution is 2.28. The summed E-state index contributed by atoms with van der Waals surface area (Å²) in [6.45, 7) is 1.86. The summed E-state index contributed by atoms with van der Waals surface area (Å²) < 4.78 is 35.6. The summed E-state index contributed by atoms with van der Waals surface area (Å²) in [5, 5.41) is -0.533. The van der Waals surface area contributed by atoms with E-state index >= 15 is 0 Å². The smallest absolute Gasteiger partial charge is 0.189 e. The molecular weight excluding hydrogens is 268 g/mol. The Morgan fingerprint density at radius 1 is 1.19 bits per heavy atom. The molecule has 0 aliphatic rings. The van der Waals surface area contributed by atoms with Crippen molar-refractivity contribution in [3.8, 4) is 0 Å². The van der Waals surface area contributed by atoms with Gasteiger partial charge >= 0.3 is 0 Å². The SMILES string of the molecule is Cc1ccc(S(=O)(=O)CS(C)(C)(=O)Cl)cc1. The van der Waals surface area contributed by atoms with E-state index in [1.54, 1.807) is 12.1 Å². The maximum Gasteiger partial charge on any atom is 0.189 e. The van der Waals surface area contributed by atoms with Crippen LogP contribution in [0.1, 0.15) is 5.56 Å². The van der Waals surface area contributed by atoms with Crippen molar-refractivity contribution >= 4 is 28.8 Å². The van der Waals surface area contributed by atoms with Crippen molar-refractivity contribution in [2.75, 3.05) is 17.6 Å². The number of sulfone groups is 1. The number of aryl methyl sites for hydroxylation is 1. The first kappa shape index (κ1) is 13.7. The quantitative estimate of drug-likeness (QED) is 0.797. The van der Waals surface area contributed by atoms with Crippen molar-refractivity contribution in [1.29, 1.82) is 0 Å². The summed E-state index contributed by atoms with van der Waals surface area (Å²) in [6, 6.07) is 6.40. The van der Waals surface area contributed by atoms with Crippen molar-refractivity contribution in [2.45, 2.75) is 11.8 Å². The van der Waals surface area contributed by atoms with Gasteiger partial charge in [-0.05, 0) is 38.0 Å². The van der Waals surface area contributed by atoms with E-state index in [0.717, 1.165) is 5.56 Å². The Kier molecular flexibility index (Phi) is 3.27. The van der Waals surface area contributed by atoms with Gasteiger partial charge in [-0.2, -0.15) is 0 Å². The summed E-state index contributed by atoms with van der Waals surface area (Å²) in [5.41, 5.74) is 0.968. The number of hydrogen-bond acceptors (Lipinski definition) is 3. The van der Waals surface area contributed by atoms with Crippen LogP contribution in [0.15, 0.2) is 29.2 Å². The molecular formula is C10H15ClO3S2. The predicted molar refractivity (Wildman–Crippen MR) is 69.1 cm³/mol. The zero-order valence-corrected chi connectivity index (χ0v) is 11.8. The molecule has 0 aromatic heterocycles. The van der Waals surface area contributed by atoms with E-state index < -0.39 is 23.2 Å². The first-order valence-electron chi connectivity index (χ1n) is 4.57. The lowest BCUT2D eigenvalue weighted by Gasteiger charge is -2.24. The Balaban J connectivity index is 3.15. The fourth-order valence-corrected chi connectivity index (χ4v) is 6.85. The van der Waals surface area contributed by atoms with Crippen LogP contribution in [-0.4, -0.2) is 30.2 Å². The highest BCUT2D eigenvalue weighted by atomic mass is 35.7. The number of benzene rings is 1. The minimum absolute atomic E-state index is 0.154. The Labute approximate surface area is 101 Å². The molecule has 0 fully saturated rings. The van der Waals surface area contributed by atoms with Crippen molar-refractivity contribution in [2.24, 2.45) is 0 Å². The van der Waals surface area contributed by atoms with E-state index in [1.165, 1.54) is 24.6 Å². The van der Waals surface area contributed by atoms with Gasteiger partial charge < -0.3 is 0 Å². The largest absolute Gasteiger partial charge is 0.267 e. The number of rotatable bonds is 3. The Morgan fingerprint density at radius 2 is 1.62 bits per heavy atom. The Bertz CT molecular complexity index is 541. The van der Waals surface area contributed by atoms with Crippen molar-refractivity contribution in [1.82, 2.24) is 0 Å². The number of halogens is 1. The zero-order valence-electron chi connectivity index (χ0n) is 9.44. The molecule has 16 heavy (non-hydrogen) atoms. The standard InChI is InChI=1S/C10H15ClO3S2/c1-9-4-6-10(7-5-9)15(12,13)8-16(2,3,11)14/h4-7H,8H2,1-3H3. The molecule has 0 aliphatic carbocycles. The lowest BCUT2D eigenvalue weighted by Crippen LogP contribution is -2.30. The van der Waals surface area contributed by atoms with E-state index in [9.17, 15) is 12.6 Å². The highest BCUT2D eigenvalue weighted by Gasteiger charge is 2.30. The molecule has 0 atom stereocenters. The van der Waals surface area contributed by atoms with Crippen LogP contribution in [0, 0.1) is 6.92 Å². The van der Waals surface area contributed by atoms with Crippen molar-refractivity contribution in [3.63, 3.8) is 0 Å². The molecule has 0 N–H and O–H groups in total. The van der Waals surface area contributed by atoms with Gasteiger partial charge in [0.2, 0.25) is 0 Å². The van der Waals surface area contributed by atoms with Crippen molar-refractivity contribution in [3.05, 3.63) is 29.8 Å². The molecule has 0 spiro atoms. The second kappa shape index (κ2) is 3.82. The lowest BCUT2D eigenvalue weighted by molar-refractivity contribution is 0.599.